The maximum atomic E-state index is 12.5. The molecule has 2 atom stereocenters. The second kappa shape index (κ2) is 6.49. The molecule has 1 N–H and O–H groups in total. The number of nitrogens with one attached hydrogen (secondary N) is 1. The van der Waals surface area contributed by atoms with Crippen LogP contribution in [0.5, 0.6) is 0 Å². The Morgan fingerprint density at radius 3 is 2.83 bits per heavy atom. The second-order valence-electron chi connectivity index (χ2n) is 6.42. The highest BCUT2D eigenvalue weighted by Gasteiger charge is 2.31. The van der Waals surface area contributed by atoms with Crippen molar-refractivity contribution in [1.82, 2.24) is 30.4 Å². The molecule has 1 aromatic carbocycles. The van der Waals surface area contributed by atoms with Crippen molar-refractivity contribution in [2.24, 2.45) is 0 Å². The van der Waals surface area contributed by atoms with E-state index in [1.807, 2.05) is 17.0 Å². The summed E-state index contributed by atoms with van der Waals surface area (Å²) in [6.45, 7) is 1.69. The fourth-order valence-electron chi connectivity index (χ4n) is 3.42. The van der Waals surface area contributed by atoms with Gasteiger partial charge in [-0.1, -0.05) is 11.6 Å². The molecule has 2 unspecified atom stereocenters. The van der Waals surface area contributed by atoms with Crippen molar-refractivity contribution in [2.75, 3.05) is 13.1 Å². The first-order chi connectivity index (χ1) is 11.7. The van der Waals surface area contributed by atoms with E-state index in [2.05, 4.69) is 20.7 Å². The van der Waals surface area contributed by atoms with Crippen LogP contribution < -0.4 is 5.32 Å². The third-order valence-corrected chi connectivity index (χ3v) is 4.96. The molecule has 1 aromatic heterocycles. The van der Waals surface area contributed by atoms with E-state index < -0.39 is 0 Å². The smallest absolute Gasteiger partial charge is 0.246 e. The Bertz CT molecular complexity index is 730. The molecule has 0 spiro atoms. The van der Waals surface area contributed by atoms with Crippen LogP contribution in [0.15, 0.2) is 24.3 Å². The van der Waals surface area contributed by atoms with Gasteiger partial charge in [0, 0.05) is 35.8 Å². The van der Waals surface area contributed by atoms with Gasteiger partial charge in [-0.05, 0) is 48.7 Å². The maximum absolute atomic E-state index is 12.5. The number of tetrazole rings is 1. The highest BCUT2D eigenvalue weighted by Crippen LogP contribution is 2.21. The Balaban J connectivity index is 1.42. The molecule has 0 radical (unpaired) electrons. The Labute approximate surface area is 145 Å². The molecule has 8 heteroatoms. The molecule has 0 saturated carbocycles. The molecule has 2 saturated heterocycles. The first-order valence-electron chi connectivity index (χ1n) is 8.25. The molecule has 2 fully saturated rings. The van der Waals surface area contributed by atoms with Crippen LogP contribution in [0.2, 0.25) is 5.02 Å². The third-order valence-electron chi connectivity index (χ3n) is 4.71. The molecule has 2 bridgehead atoms. The predicted molar refractivity (Wildman–Crippen MR) is 89.4 cm³/mol. The number of carbonyl (C=O) groups excluding carboxylic acids is 1. The van der Waals surface area contributed by atoms with Crippen molar-refractivity contribution >= 4 is 17.5 Å². The van der Waals surface area contributed by atoms with Gasteiger partial charge >= 0.3 is 0 Å². The average molecular weight is 347 g/mol. The Morgan fingerprint density at radius 2 is 2.00 bits per heavy atom. The molecule has 1 amide bonds. The van der Waals surface area contributed by atoms with Crippen molar-refractivity contribution < 1.29 is 4.79 Å². The summed E-state index contributed by atoms with van der Waals surface area (Å²) in [7, 11) is 0. The summed E-state index contributed by atoms with van der Waals surface area (Å²) in [5, 5.41) is 16.6. The van der Waals surface area contributed by atoms with Crippen LogP contribution in [0.25, 0.3) is 11.4 Å². The number of carbonyl (C=O) groups is 1. The molecule has 3 heterocycles. The summed E-state index contributed by atoms with van der Waals surface area (Å²) in [5.41, 5.74) is 0.828. The summed E-state index contributed by atoms with van der Waals surface area (Å²) < 4.78 is 0. The second-order valence-corrected chi connectivity index (χ2v) is 6.85. The van der Waals surface area contributed by atoms with Crippen LogP contribution >= 0.6 is 11.6 Å². The molecular weight excluding hydrogens is 328 g/mol. The lowest BCUT2D eigenvalue weighted by molar-refractivity contribution is -0.132. The monoisotopic (exact) mass is 346 g/mol. The number of benzene rings is 1. The van der Waals surface area contributed by atoms with E-state index in [1.165, 1.54) is 11.2 Å². The molecule has 4 rings (SSSR count). The van der Waals surface area contributed by atoms with Crippen molar-refractivity contribution in [3.05, 3.63) is 29.3 Å². The maximum Gasteiger partial charge on any atom is 0.246 e. The average Bonchev–Trinajstić information content (AvgIpc) is 3.14. The largest absolute Gasteiger partial charge is 0.339 e. The van der Waals surface area contributed by atoms with Gasteiger partial charge in [0.05, 0.1) is 0 Å². The van der Waals surface area contributed by atoms with E-state index in [-0.39, 0.29) is 12.5 Å². The van der Waals surface area contributed by atoms with Crippen LogP contribution in [0.3, 0.4) is 0 Å². The van der Waals surface area contributed by atoms with Gasteiger partial charge in [0.2, 0.25) is 11.7 Å². The zero-order valence-electron chi connectivity index (χ0n) is 13.2. The first kappa shape index (κ1) is 15.5. The van der Waals surface area contributed by atoms with Gasteiger partial charge < -0.3 is 10.2 Å². The normalized spacial score (nSPS) is 23.3. The molecule has 126 valence electrons. The van der Waals surface area contributed by atoms with Gasteiger partial charge in [-0.2, -0.15) is 4.80 Å². The number of halogens is 1. The summed E-state index contributed by atoms with van der Waals surface area (Å²) in [6.07, 6.45) is 3.39. The molecule has 7 nitrogen and oxygen atoms in total. The van der Waals surface area contributed by atoms with Gasteiger partial charge in [-0.3, -0.25) is 4.79 Å². The Morgan fingerprint density at radius 1 is 1.21 bits per heavy atom. The van der Waals surface area contributed by atoms with E-state index in [4.69, 9.17) is 11.6 Å². The molecular formula is C16H19ClN6O. The first-order valence-corrected chi connectivity index (χ1v) is 8.63. The van der Waals surface area contributed by atoms with Crippen LogP contribution in [0, 0.1) is 0 Å². The van der Waals surface area contributed by atoms with E-state index >= 15 is 0 Å². The van der Waals surface area contributed by atoms with E-state index in [0.717, 1.165) is 31.5 Å². The zero-order valence-corrected chi connectivity index (χ0v) is 14.0. The molecule has 24 heavy (non-hydrogen) atoms. The number of fused-ring (bicyclic) bond motifs is 2. The van der Waals surface area contributed by atoms with Crippen molar-refractivity contribution in [3.8, 4) is 11.4 Å². The fourth-order valence-corrected chi connectivity index (χ4v) is 3.54. The minimum atomic E-state index is 0.0457. The van der Waals surface area contributed by atoms with Crippen molar-refractivity contribution in [3.63, 3.8) is 0 Å². The van der Waals surface area contributed by atoms with Gasteiger partial charge in [-0.25, -0.2) is 0 Å². The van der Waals surface area contributed by atoms with E-state index in [1.54, 1.807) is 12.1 Å². The number of rotatable bonds is 3. The molecule has 0 aliphatic carbocycles. The van der Waals surface area contributed by atoms with E-state index in [9.17, 15) is 4.79 Å². The van der Waals surface area contributed by atoms with Gasteiger partial charge in [0.15, 0.2) is 0 Å². The highest BCUT2D eigenvalue weighted by molar-refractivity contribution is 6.30. The molecule has 2 aliphatic heterocycles. The summed E-state index contributed by atoms with van der Waals surface area (Å²) in [5.74, 6) is 0.542. The Hall–Kier alpha value is -1.99. The standard InChI is InChI=1S/C16H19ClN6O/c17-12-3-1-11(2-4-12)16-19-21-23(20-16)10-15(24)22-8-7-13-5-6-14(9-22)18-13/h1-4,13-14,18H,5-10H2. The topological polar surface area (TPSA) is 75.9 Å². The van der Waals surface area contributed by atoms with Crippen LogP contribution in [-0.4, -0.2) is 56.2 Å². The van der Waals surface area contributed by atoms with Crippen LogP contribution in [-0.2, 0) is 11.3 Å². The lowest BCUT2D eigenvalue weighted by atomic mass is 10.1. The van der Waals surface area contributed by atoms with E-state index in [0.29, 0.717) is 22.9 Å². The Kier molecular flexibility index (Phi) is 4.20. The fraction of sp³-hybridized carbons (Fsp3) is 0.500. The third kappa shape index (κ3) is 3.27. The number of aromatic nitrogens is 4. The minimum absolute atomic E-state index is 0.0457. The predicted octanol–water partition coefficient (Wildman–Crippen LogP) is 1.35. The van der Waals surface area contributed by atoms with Crippen LogP contribution in [0.4, 0.5) is 0 Å². The van der Waals surface area contributed by atoms with Gasteiger partial charge in [0.1, 0.15) is 6.54 Å². The summed E-state index contributed by atoms with van der Waals surface area (Å²) in [4.78, 5) is 15.8. The number of nitrogens with zero attached hydrogens (tertiary/aromatic N) is 5. The zero-order chi connectivity index (χ0) is 16.5. The van der Waals surface area contributed by atoms with Crippen molar-refractivity contribution in [2.45, 2.75) is 37.9 Å². The molecule has 2 aromatic rings. The quantitative estimate of drug-likeness (QED) is 0.907. The highest BCUT2D eigenvalue weighted by atomic mass is 35.5. The number of likely N-dealkylation sites (tertiary alicyclic amines) is 1. The van der Waals surface area contributed by atoms with Crippen molar-refractivity contribution in [1.29, 1.82) is 0 Å². The lowest BCUT2D eigenvalue weighted by Crippen LogP contribution is -2.40. The number of amides is 1. The lowest BCUT2D eigenvalue weighted by Gasteiger charge is -2.23. The minimum Gasteiger partial charge on any atom is -0.339 e. The van der Waals surface area contributed by atoms with Crippen LogP contribution in [0.1, 0.15) is 19.3 Å². The number of hydrogen-bond donors (Lipinski definition) is 1. The summed E-state index contributed by atoms with van der Waals surface area (Å²) >= 11 is 5.88. The van der Waals surface area contributed by atoms with Gasteiger partial charge in [0.25, 0.3) is 0 Å². The summed E-state index contributed by atoms with van der Waals surface area (Å²) in [6, 6.07) is 8.22. The molecule has 2 aliphatic rings. The SMILES string of the molecule is O=C(Cn1nnc(-c2ccc(Cl)cc2)n1)N1CCC2CCC(C1)N2. The number of hydrogen-bond acceptors (Lipinski definition) is 5. The van der Waals surface area contributed by atoms with Gasteiger partial charge in [-0.15, -0.1) is 10.2 Å².